The number of aryl methyl sites for hydroxylation is 1. The number of benzene rings is 1. The van der Waals surface area contributed by atoms with Crippen molar-refractivity contribution in [1.82, 2.24) is 10.4 Å². The zero-order valence-corrected chi connectivity index (χ0v) is 13.8. The van der Waals surface area contributed by atoms with Crippen molar-refractivity contribution < 1.29 is 4.39 Å². The van der Waals surface area contributed by atoms with Gasteiger partial charge in [-0.1, -0.05) is 0 Å². The summed E-state index contributed by atoms with van der Waals surface area (Å²) in [7, 11) is 0. The van der Waals surface area contributed by atoms with Crippen molar-refractivity contribution in [3.63, 3.8) is 0 Å². The summed E-state index contributed by atoms with van der Waals surface area (Å²) in [6.45, 7) is 2.92. The van der Waals surface area contributed by atoms with Gasteiger partial charge in [0, 0.05) is 18.3 Å². The SMILES string of the molecule is Cc1cncc2c1CCCN2C1=NC2NN=CN2c2ccc(F)cc21. The van der Waals surface area contributed by atoms with Gasteiger partial charge in [-0.25, -0.2) is 9.38 Å². The predicted octanol–water partition coefficient (Wildman–Crippen LogP) is 2.38. The molecule has 0 bridgehead atoms. The lowest BCUT2D eigenvalue weighted by Gasteiger charge is -2.37. The van der Waals surface area contributed by atoms with Gasteiger partial charge in [0.05, 0.1) is 17.6 Å². The van der Waals surface area contributed by atoms with Crippen molar-refractivity contribution in [3.05, 3.63) is 53.1 Å². The Hall–Kier alpha value is -2.96. The standard InChI is InChI=1S/C18H17FN6/c1-11-8-20-9-16-13(11)3-2-6-24(16)17-14-7-12(19)4-5-15(14)25-10-21-23-18(25)22-17/h4-5,7-10,18,23H,2-3,6H2,1H3. The minimum atomic E-state index is -0.295. The Morgan fingerprint density at radius 2 is 2.16 bits per heavy atom. The van der Waals surface area contributed by atoms with Crippen LogP contribution >= 0.6 is 0 Å². The van der Waals surface area contributed by atoms with Crippen molar-refractivity contribution >= 4 is 23.5 Å². The highest BCUT2D eigenvalue weighted by molar-refractivity contribution is 6.16. The van der Waals surface area contributed by atoms with Gasteiger partial charge < -0.3 is 4.90 Å². The first-order valence-corrected chi connectivity index (χ1v) is 8.38. The van der Waals surface area contributed by atoms with Crippen molar-refractivity contribution in [2.45, 2.75) is 26.1 Å². The molecule has 0 fully saturated rings. The van der Waals surface area contributed by atoms with Crippen LogP contribution in [0.3, 0.4) is 0 Å². The maximum atomic E-state index is 14.0. The summed E-state index contributed by atoms with van der Waals surface area (Å²) in [6, 6.07) is 4.81. The molecule has 2 aromatic rings. The molecule has 1 atom stereocenters. The van der Waals surface area contributed by atoms with Crippen LogP contribution in [0.1, 0.15) is 23.1 Å². The molecule has 3 aliphatic rings. The average molecular weight is 336 g/mol. The minimum Gasteiger partial charge on any atom is -0.324 e. The molecule has 126 valence electrons. The van der Waals surface area contributed by atoms with Gasteiger partial charge in [-0.15, -0.1) is 0 Å². The van der Waals surface area contributed by atoms with E-state index in [4.69, 9.17) is 4.99 Å². The van der Waals surface area contributed by atoms with Crippen LogP contribution in [0.5, 0.6) is 0 Å². The number of halogens is 1. The third-order valence-electron chi connectivity index (χ3n) is 4.96. The molecule has 0 aliphatic carbocycles. The highest BCUT2D eigenvalue weighted by Crippen LogP contribution is 2.35. The predicted molar refractivity (Wildman–Crippen MR) is 95.5 cm³/mol. The van der Waals surface area contributed by atoms with E-state index in [0.717, 1.165) is 42.2 Å². The molecule has 5 rings (SSSR count). The summed E-state index contributed by atoms with van der Waals surface area (Å²) in [6.07, 6.45) is 7.23. The summed E-state index contributed by atoms with van der Waals surface area (Å²) in [4.78, 5) is 13.3. The topological polar surface area (TPSA) is 56.1 Å². The molecule has 0 saturated heterocycles. The van der Waals surface area contributed by atoms with Gasteiger partial charge >= 0.3 is 0 Å². The lowest BCUT2D eigenvalue weighted by Crippen LogP contribution is -2.46. The number of nitrogens with zero attached hydrogens (tertiary/aromatic N) is 5. The molecule has 1 aromatic carbocycles. The zero-order chi connectivity index (χ0) is 17.0. The Morgan fingerprint density at radius 3 is 3.08 bits per heavy atom. The zero-order valence-electron chi connectivity index (χ0n) is 13.8. The van der Waals surface area contributed by atoms with Crippen molar-refractivity contribution in [2.75, 3.05) is 16.3 Å². The molecule has 0 radical (unpaired) electrons. The number of hydrogen-bond donors (Lipinski definition) is 1. The van der Waals surface area contributed by atoms with E-state index in [-0.39, 0.29) is 12.1 Å². The second kappa shape index (κ2) is 5.27. The normalized spacial score (nSPS) is 20.6. The van der Waals surface area contributed by atoms with E-state index in [1.807, 2.05) is 17.3 Å². The van der Waals surface area contributed by atoms with Crippen LogP contribution < -0.4 is 15.2 Å². The molecule has 0 amide bonds. The number of aromatic nitrogens is 1. The lowest BCUT2D eigenvalue weighted by molar-refractivity contribution is 0.596. The number of hydrogen-bond acceptors (Lipinski definition) is 6. The van der Waals surface area contributed by atoms with E-state index in [1.165, 1.54) is 17.2 Å². The van der Waals surface area contributed by atoms with E-state index < -0.39 is 0 Å². The van der Waals surface area contributed by atoms with Crippen LogP contribution in [0.25, 0.3) is 0 Å². The summed E-state index contributed by atoms with van der Waals surface area (Å²) in [5.74, 6) is 0.496. The fraction of sp³-hybridized carbons (Fsp3) is 0.278. The molecule has 1 unspecified atom stereocenters. The van der Waals surface area contributed by atoms with Crippen LogP contribution in [-0.2, 0) is 6.42 Å². The molecule has 6 nitrogen and oxygen atoms in total. The van der Waals surface area contributed by atoms with E-state index in [2.05, 4.69) is 27.3 Å². The van der Waals surface area contributed by atoms with Crippen molar-refractivity contribution in [3.8, 4) is 0 Å². The second-order valence-electron chi connectivity index (χ2n) is 6.48. The Kier molecular flexibility index (Phi) is 3.03. The molecule has 4 heterocycles. The van der Waals surface area contributed by atoms with E-state index in [9.17, 15) is 4.39 Å². The van der Waals surface area contributed by atoms with Gasteiger partial charge in [-0.3, -0.25) is 15.3 Å². The number of pyridine rings is 1. The number of aliphatic imine (C=N–C) groups is 1. The molecule has 1 N–H and O–H groups in total. The monoisotopic (exact) mass is 336 g/mol. The van der Waals surface area contributed by atoms with Gasteiger partial charge in [0.1, 0.15) is 18.0 Å². The Bertz CT molecular complexity index is 922. The van der Waals surface area contributed by atoms with Gasteiger partial charge in [0.2, 0.25) is 6.29 Å². The molecule has 3 aliphatic heterocycles. The van der Waals surface area contributed by atoms with Crippen LogP contribution in [-0.4, -0.2) is 30.0 Å². The second-order valence-corrected chi connectivity index (χ2v) is 6.48. The van der Waals surface area contributed by atoms with Gasteiger partial charge in [-0.05, 0) is 49.1 Å². The largest absolute Gasteiger partial charge is 0.324 e. The van der Waals surface area contributed by atoms with Crippen LogP contribution in [0.4, 0.5) is 15.8 Å². The number of nitrogens with one attached hydrogen (secondary N) is 1. The number of anilines is 2. The third-order valence-corrected chi connectivity index (χ3v) is 4.96. The lowest BCUT2D eigenvalue weighted by atomic mass is 9.98. The summed E-state index contributed by atoms with van der Waals surface area (Å²) in [5.41, 5.74) is 8.21. The molecular formula is C18H17FN6. The van der Waals surface area contributed by atoms with E-state index >= 15 is 0 Å². The Balaban J connectivity index is 1.68. The van der Waals surface area contributed by atoms with Gasteiger partial charge in [-0.2, -0.15) is 5.10 Å². The van der Waals surface area contributed by atoms with Crippen molar-refractivity contribution in [1.29, 1.82) is 0 Å². The van der Waals surface area contributed by atoms with Crippen LogP contribution in [0.2, 0.25) is 0 Å². The van der Waals surface area contributed by atoms with E-state index in [1.54, 1.807) is 18.5 Å². The van der Waals surface area contributed by atoms with Gasteiger partial charge in [0.15, 0.2) is 0 Å². The first kappa shape index (κ1) is 14.4. The smallest absolute Gasteiger partial charge is 0.218 e. The fourth-order valence-corrected chi connectivity index (χ4v) is 3.78. The number of fused-ring (bicyclic) bond motifs is 4. The average Bonchev–Trinajstić information content (AvgIpc) is 3.09. The molecule has 0 saturated carbocycles. The quantitative estimate of drug-likeness (QED) is 0.802. The van der Waals surface area contributed by atoms with Crippen LogP contribution in [0, 0.1) is 12.7 Å². The van der Waals surface area contributed by atoms with E-state index in [0.29, 0.717) is 0 Å². The molecule has 0 spiro atoms. The minimum absolute atomic E-state index is 0.270. The highest BCUT2D eigenvalue weighted by atomic mass is 19.1. The summed E-state index contributed by atoms with van der Waals surface area (Å²) < 4.78 is 14.0. The first-order valence-electron chi connectivity index (χ1n) is 8.38. The first-order chi connectivity index (χ1) is 12.2. The molecule has 1 aromatic heterocycles. The number of amidine groups is 1. The third kappa shape index (κ3) is 2.12. The fourth-order valence-electron chi connectivity index (χ4n) is 3.78. The summed E-state index contributed by atoms with van der Waals surface area (Å²) in [5, 5.41) is 4.11. The maximum absolute atomic E-state index is 14.0. The number of hydrazone groups is 1. The summed E-state index contributed by atoms with van der Waals surface area (Å²) >= 11 is 0. The van der Waals surface area contributed by atoms with Crippen molar-refractivity contribution in [2.24, 2.45) is 10.1 Å². The highest BCUT2D eigenvalue weighted by Gasteiger charge is 2.34. The molecule has 7 heteroatoms. The van der Waals surface area contributed by atoms with Gasteiger partial charge in [0.25, 0.3) is 0 Å². The van der Waals surface area contributed by atoms with Crippen LogP contribution in [0.15, 0.2) is 40.7 Å². The molecular weight excluding hydrogens is 319 g/mol. The number of rotatable bonds is 0. The Morgan fingerprint density at radius 1 is 1.24 bits per heavy atom. The maximum Gasteiger partial charge on any atom is 0.218 e. The molecule has 25 heavy (non-hydrogen) atoms. The Labute approximate surface area is 144 Å².